The lowest BCUT2D eigenvalue weighted by Gasteiger charge is -2.37. The van der Waals surface area contributed by atoms with E-state index >= 15 is 0 Å². The summed E-state index contributed by atoms with van der Waals surface area (Å²) in [5, 5.41) is 2.96. The molecule has 2 heterocycles. The maximum atomic E-state index is 12.3. The van der Waals surface area contributed by atoms with E-state index in [1.165, 1.54) is 0 Å². The minimum atomic E-state index is -0.112. The van der Waals surface area contributed by atoms with Crippen LogP contribution < -0.4 is 5.32 Å². The number of carbonyl (C=O) groups excluding carboxylic acids is 1. The zero-order valence-electron chi connectivity index (χ0n) is 11.4. The first kappa shape index (κ1) is 12.9. The standard InChI is InChI=1S/C15H17N3O2/c1-15(9-20-10-15)8-17-14(19)13-7-16-11-18(13)12-5-3-2-4-6-12/h2-7,11H,8-10H2,1H3,(H,17,19). The van der Waals surface area contributed by atoms with E-state index in [4.69, 9.17) is 4.74 Å². The van der Waals surface area contributed by atoms with Crippen LogP contribution in [0.5, 0.6) is 0 Å². The molecule has 0 saturated carbocycles. The van der Waals surface area contributed by atoms with Gasteiger partial charge < -0.3 is 10.1 Å². The number of carbonyl (C=O) groups is 1. The summed E-state index contributed by atoms with van der Waals surface area (Å²) in [6, 6.07) is 9.70. The Hall–Kier alpha value is -2.14. The fourth-order valence-electron chi connectivity index (χ4n) is 2.19. The van der Waals surface area contributed by atoms with Gasteiger partial charge in [-0.05, 0) is 12.1 Å². The van der Waals surface area contributed by atoms with E-state index in [9.17, 15) is 4.79 Å². The summed E-state index contributed by atoms with van der Waals surface area (Å²) in [4.78, 5) is 16.3. The molecule has 1 saturated heterocycles. The van der Waals surface area contributed by atoms with E-state index in [1.54, 1.807) is 17.1 Å². The number of benzene rings is 1. The number of rotatable bonds is 4. The Morgan fingerprint density at radius 2 is 2.15 bits per heavy atom. The van der Waals surface area contributed by atoms with Crippen molar-refractivity contribution in [3.8, 4) is 5.69 Å². The van der Waals surface area contributed by atoms with E-state index in [1.807, 2.05) is 30.3 Å². The zero-order chi connectivity index (χ0) is 14.0. The van der Waals surface area contributed by atoms with Gasteiger partial charge in [-0.2, -0.15) is 0 Å². The number of amides is 1. The molecular formula is C15H17N3O2. The van der Waals surface area contributed by atoms with Crippen molar-refractivity contribution in [3.05, 3.63) is 48.5 Å². The molecule has 104 valence electrons. The van der Waals surface area contributed by atoms with Crippen molar-refractivity contribution < 1.29 is 9.53 Å². The monoisotopic (exact) mass is 271 g/mol. The number of nitrogens with one attached hydrogen (secondary N) is 1. The molecule has 1 aromatic carbocycles. The number of ether oxygens (including phenoxy) is 1. The number of nitrogens with zero attached hydrogens (tertiary/aromatic N) is 2. The Labute approximate surface area is 117 Å². The van der Waals surface area contributed by atoms with Crippen LogP contribution in [0.15, 0.2) is 42.9 Å². The molecule has 0 aliphatic carbocycles. The van der Waals surface area contributed by atoms with Gasteiger partial charge in [0.1, 0.15) is 5.69 Å². The number of aromatic nitrogens is 2. The zero-order valence-corrected chi connectivity index (χ0v) is 11.4. The van der Waals surface area contributed by atoms with E-state index in [0.717, 1.165) is 5.69 Å². The molecule has 5 nitrogen and oxygen atoms in total. The molecule has 1 N–H and O–H groups in total. The van der Waals surface area contributed by atoms with Gasteiger partial charge in [-0.3, -0.25) is 9.36 Å². The average molecular weight is 271 g/mol. The second-order valence-electron chi connectivity index (χ2n) is 5.47. The van der Waals surface area contributed by atoms with Crippen molar-refractivity contribution >= 4 is 5.91 Å². The van der Waals surface area contributed by atoms with Crippen molar-refractivity contribution in [2.45, 2.75) is 6.92 Å². The summed E-state index contributed by atoms with van der Waals surface area (Å²) in [7, 11) is 0. The minimum Gasteiger partial charge on any atom is -0.380 e. The minimum absolute atomic E-state index is 0.0628. The highest BCUT2D eigenvalue weighted by atomic mass is 16.5. The van der Waals surface area contributed by atoms with Crippen LogP contribution in [-0.2, 0) is 4.74 Å². The second kappa shape index (κ2) is 5.09. The van der Waals surface area contributed by atoms with Gasteiger partial charge in [-0.25, -0.2) is 4.98 Å². The molecule has 2 aromatic rings. The number of hydrogen-bond acceptors (Lipinski definition) is 3. The Morgan fingerprint density at radius 1 is 1.40 bits per heavy atom. The Kier molecular flexibility index (Phi) is 3.28. The third-order valence-electron chi connectivity index (χ3n) is 3.48. The van der Waals surface area contributed by atoms with E-state index in [0.29, 0.717) is 25.5 Å². The van der Waals surface area contributed by atoms with E-state index in [2.05, 4.69) is 17.2 Å². The number of hydrogen-bond donors (Lipinski definition) is 1. The van der Waals surface area contributed by atoms with Crippen LogP contribution in [0.3, 0.4) is 0 Å². The second-order valence-corrected chi connectivity index (χ2v) is 5.47. The summed E-state index contributed by atoms with van der Waals surface area (Å²) in [6.07, 6.45) is 3.24. The van der Waals surface area contributed by atoms with Crippen molar-refractivity contribution in [3.63, 3.8) is 0 Å². The fraction of sp³-hybridized carbons (Fsp3) is 0.333. The van der Waals surface area contributed by atoms with Crippen molar-refractivity contribution in [1.82, 2.24) is 14.9 Å². The molecule has 1 aromatic heterocycles. The van der Waals surface area contributed by atoms with Crippen LogP contribution in [-0.4, -0.2) is 35.2 Å². The predicted molar refractivity (Wildman–Crippen MR) is 74.8 cm³/mol. The molecule has 1 fully saturated rings. The van der Waals surface area contributed by atoms with Gasteiger partial charge in [0.05, 0.1) is 25.7 Å². The van der Waals surface area contributed by atoms with Crippen LogP contribution >= 0.6 is 0 Å². The van der Waals surface area contributed by atoms with Gasteiger partial charge >= 0.3 is 0 Å². The van der Waals surface area contributed by atoms with Crippen LogP contribution in [0.4, 0.5) is 0 Å². The van der Waals surface area contributed by atoms with E-state index < -0.39 is 0 Å². The summed E-state index contributed by atoms with van der Waals surface area (Å²) in [6.45, 7) is 4.12. The SMILES string of the molecule is CC1(CNC(=O)c2cncn2-c2ccccc2)COC1. The van der Waals surface area contributed by atoms with Crippen molar-refractivity contribution in [2.24, 2.45) is 5.41 Å². The molecule has 1 aliphatic heterocycles. The molecule has 1 aliphatic rings. The molecule has 0 radical (unpaired) electrons. The lowest BCUT2D eigenvalue weighted by Crippen LogP contribution is -2.48. The van der Waals surface area contributed by atoms with Crippen LogP contribution in [0.1, 0.15) is 17.4 Å². The van der Waals surface area contributed by atoms with Gasteiger partial charge in [-0.1, -0.05) is 25.1 Å². The first-order valence-electron chi connectivity index (χ1n) is 6.62. The molecule has 0 unspecified atom stereocenters. The number of para-hydroxylation sites is 1. The summed E-state index contributed by atoms with van der Waals surface area (Å²) in [5.74, 6) is -0.112. The third-order valence-corrected chi connectivity index (χ3v) is 3.48. The van der Waals surface area contributed by atoms with Crippen LogP contribution in [0.25, 0.3) is 5.69 Å². The average Bonchev–Trinajstić information content (AvgIpc) is 2.93. The molecule has 3 rings (SSSR count). The third kappa shape index (κ3) is 2.44. The summed E-state index contributed by atoms with van der Waals surface area (Å²) < 4.78 is 6.97. The largest absolute Gasteiger partial charge is 0.380 e. The van der Waals surface area contributed by atoms with Crippen LogP contribution in [0, 0.1) is 5.41 Å². The van der Waals surface area contributed by atoms with Gasteiger partial charge in [-0.15, -0.1) is 0 Å². The molecule has 1 amide bonds. The van der Waals surface area contributed by atoms with Crippen LogP contribution in [0.2, 0.25) is 0 Å². The molecule has 0 spiro atoms. The normalized spacial score (nSPS) is 16.4. The quantitative estimate of drug-likeness (QED) is 0.919. The fourth-order valence-corrected chi connectivity index (χ4v) is 2.19. The summed E-state index contributed by atoms with van der Waals surface area (Å²) >= 11 is 0. The molecule has 0 atom stereocenters. The molecule has 5 heteroatoms. The van der Waals surface area contributed by atoms with Gasteiger partial charge in [0.2, 0.25) is 0 Å². The first-order valence-corrected chi connectivity index (χ1v) is 6.62. The lowest BCUT2D eigenvalue weighted by molar-refractivity contribution is -0.0978. The number of imidazole rings is 1. The maximum Gasteiger partial charge on any atom is 0.269 e. The Balaban J connectivity index is 1.74. The molecule has 20 heavy (non-hydrogen) atoms. The smallest absolute Gasteiger partial charge is 0.269 e. The van der Waals surface area contributed by atoms with E-state index in [-0.39, 0.29) is 11.3 Å². The highest BCUT2D eigenvalue weighted by Crippen LogP contribution is 2.25. The van der Waals surface area contributed by atoms with Crippen molar-refractivity contribution in [2.75, 3.05) is 19.8 Å². The summed E-state index contributed by atoms with van der Waals surface area (Å²) in [5.41, 5.74) is 1.53. The highest BCUT2D eigenvalue weighted by Gasteiger charge is 2.33. The van der Waals surface area contributed by atoms with Crippen molar-refractivity contribution in [1.29, 1.82) is 0 Å². The van der Waals surface area contributed by atoms with Gasteiger partial charge in [0.15, 0.2) is 0 Å². The van der Waals surface area contributed by atoms with Gasteiger partial charge in [0.25, 0.3) is 5.91 Å². The molecular weight excluding hydrogens is 254 g/mol. The topological polar surface area (TPSA) is 56.2 Å². The lowest BCUT2D eigenvalue weighted by atomic mass is 9.89. The Bertz CT molecular complexity index is 603. The maximum absolute atomic E-state index is 12.3. The molecule has 0 bridgehead atoms. The Morgan fingerprint density at radius 3 is 2.80 bits per heavy atom. The first-order chi connectivity index (χ1) is 9.68. The predicted octanol–water partition coefficient (Wildman–Crippen LogP) is 1.64. The highest BCUT2D eigenvalue weighted by molar-refractivity contribution is 5.93. The van der Waals surface area contributed by atoms with Gasteiger partial charge in [0, 0.05) is 17.6 Å².